The van der Waals surface area contributed by atoms with E-state index < -0.39 is 35.1 Å². The monoisotopic (exact) mass is 608 g/mol. The van der Waals surface area contributed by atoms with Gasteiger partial charge in [-0.3, -0.25) is 9.59 Å². The summed E-state index contributed by atoms with van der Waals surface area (Å²) in [5.74, 6) is -2.12. The molecule has 3 N–H and O–H groups in total. The molecule has 4 unspecified atom stereocenters. The highest BCUT2D eigenvalue weighted by atomic mass is 79.9. The van der Waals surface area contributed by atoms with E-state index in [0.717, 1.165) is 0 Å². The number of nitrogens with one attached hydrogen (secondary N) is 3. The molecule has 2 aliphatic heterocycles. The summed E-state index contributed by atoms with van der Waals surface area (Å²) in [4.78, 5) is 28.1. The van der Waals surface area contributed by atoms with Gasteiger partial charge < -0.3 is 16.0 Å². The number of carbonyl (C=O) groups is 2. The fourth-order valence-electron chi connectivity index (χ4n) is 6.00. The second-order valence-corrected chi connectivity index (χ2v) is 12.6. The highest BCUT2D eigenvalue weighted by Gasteiger charge is 2.66. The van der Waals surface area contributed by atoms with Crippen molar-refractivity contribution in [1.29, 1.82) is 5.26 Å². The number of halogens is 3. The lowest BCUT2D eigenvalue weighted by molar-refractivity contribution is -0.122. The van der Waals surface area contributed by atoms with Crippen LogP contribution >= 0.6 is 27.5 Å². The largest absolute Gasteiger partial charge is 0.325 e. The van der Waals surface area contributed by atoms with Crippen molar-refractivity contribution in [3.8, 4) is 6.07 Å². The van der Waals surface area contributed by atoms with Gasteiger partial charge in [-0.1, -0.05) is 50.6 Å². The third kappa shape index (κ3) is 4.73. The average molecular weight is 610 g/mol. The van der Waals surface area contributed by atoms with E-state index in [0.29, 0.717) is 33.9 Å². The van der Waals surface area contributed by atoms with E-state index in [1.54, 1.807) is 60.7 Å². The highest BCUT2D eigenvalue weighted by Crippen LogP contribution is 2.57. The second kappa shape index (κ2) is 10.1. The second-order valence-electron chi connectivity index (χ2n) is 11.3. The van der Waals surface area contributed by atoms with E-state index in [4.69, 9.17) is 16.9 Å². The smallest absolute Gasteiger partial charge is 0.242 e. The van der Waals surface area contributed by atoms with Crippen molar-refractivity contribution in [3.05, 3.63) is 92.7 Å². The van der Waals surface area contributed by atoms with Crippen LogP contribution < -0.4 is 16.0 Å². The molecule has 2 aliphatic rings. The molecule has 9 heteroatoms. The van der Waals surface area contributed by atoms with Gasteiger partial charge in [-0.25, -0.2) is 4.39 Å². The summed E-state index contributed by atoms with van der Waals surface area (Å²) in [5.41, 5.74) is 0.930. The summed E-state index contributed by atoms with van der Waals surface area (Å²) in [6, 6.07) is 17.2. The molecule has 5 rings (SSSR count). The Morgan fingerprint density at radius 3 is 2.56 bits per heavy atom. The molecule has 1 saturated heterocycles. The summed E-state index contributed by atoms with van der Waals surface area (Å²) in [7, 11) is 0. The minimum atomic E-state index is -1.29. The highest BCUT2D eigenvalue weighted by molar-refractivity contribution is 9.10. The molecular weight excluding hydrogens is 583 g/mol. The van der Waals surface area contributed by atoms with Crippen LogP contribution in [0, 0.1) is 22.6 Å². The Morgan fingerprint density at radius 1 is 1.18 bits per heavy atom. The number of nitrogens with zero attached hydrogens (tertiary/aromatic N) is 1. The van der Waals surface area contributed by atoms with E-state index in [-0.39, 0.29) is 21.4 Å². The van der Waals surface area contributed by atoms with Gasteiger partial charge in [0, 0.05) is 28.4 Å². The SMILES string of the molecule is CC(C)(C)CC1NC(C(=O)Nc2ccc(C#N)cc2)C(c2cccc(Br)c2F)C12C(=O)Nc1cc(Cl)ccc12. The predicted molar refractivity (Wildman–Crippen MR) is 153 cm³/mol. The molecule has 0 bridgehead atoms. The number of carbonyl (C=O) groups excluding carboxylic acids is 2. The number of amides is 2. The lowest BCUT2D eigenvalue weighted by atomic mass is 9.62. The standard InChI is InChI=1S/C30H27BrClFN4O2/c1-29(2,3)14-23-30(20-12-9-17(32)13-22(20)36-28(30)39)24(19-5-4-6-21(31)25(19)33)26(37-23)27(38)35-18-10-7-16(15-34)8-11-18/h4-13,23-24,26,37H,14H2,1-3H3,(H,35,38)(H,36,39). The van der Waals surface area contributed by atoms with E-state index in [1.165, 1.54) is 0 Å². The number of benzene rings is 3. The van der Waals surface area contributed by atoms with Crippen LogP contribution in [-0.2, 0) is 15.0 Å². The molecule has 1 fully saturated rings. The van der Waals surface area contributed by atoms with Gasteiger partial charge in [0.15, 0.2) is 0 Å². The van der Waals surface area contributed by atoms with Crippen molar-refractivity contribution < 1.29 is 14.0 Å². The molecule has 6 nitrogen and oxygen atoms in total. The van der Waals surface area contributed by atoms with Crippen LogP contribution in [0.15, 0.2) is 65.1 Å². The number of nitriles is 1. The maximum atomic E-state index is 15.9. The van der Waals surface area contributed by atoms with Gasteiger partial charge in [0.25, 0.3) is 0 Å². The lowest BCUT2D eigenvalue weighted by Gasteiger charge is -2.37. The predicted octanol–water partition coefficient (Wildman–Crippen LogP) is 6.50. The van der Waals surface area contributed by atoms with E-state index in [9.17, 15) is 9.59 Å². The zero-order valence-corrected chi connectivity index (χ0v) is 24.0. The van der Waals surface area contributed by atoms with E-state index in [1.807, 2.05) is 0 Å². The maximum Gasteiger partial charge on any atom is 0.242 e. The van der Waals surface area contributed by atoms with Crippen LogP contribution in [0.5, 0.6) is 0 Å². The third-order valence-electron chi connectivity index (χ3n) is 7.50. The third-order valence-corrected chi connectivity index (χ3v) is 8.35. The van der Waals surface area contributed by atoms with Crippen LogP contribution in [0.1, 0.15) is 49.8 Å². The Labute approximate surface area is 240 Å². The first-order chi connectivity index (χ1) is 18.5. The van der Waals surface area contributed by atoms with Gasteiger partial charge in [0.1, 0.15) is 11.2 Å². The van der Waals surface area contributed by atoms with Crippen LogP contribution in [0.25, 0.3) is 0 Å². The topological polar surface area (TPSA) is 94.0 Å². The van der Waals surface area contributed by atoms with Gasteiger partial charge >= 0.3 is 0 Å². The number of anilines is 2. The molecule has 0 saturated carbocycles. The summed E-state index contributed by atoms with van der Waals surface area (Å²) in [5, 5.41) is 18.9. The van der Waals surface area contributed by atoms with Crippen molar-refractivity contribution in [3.63, 3.8) is 0 Å². The first-order valence-corrected chi connectivity index (χ1v) is 13.8. The van der Waals surface area contributed by atoms with Crippen LogP contribution in [0.3, 0.4) is 0 Å². The molecule has 2 heterocycles. The average Bonchev–Trinajstić information content (AvgIpc) is 3.35. The first kappa shape index (κ1) is 27.3. The van der Waals surface area contributed by atoms with Crippen molar-refractivity contribution in [2.75, 3.05) is 10.6 Å². The summed E-state index contributed by atoms with van der Waals surface area (Å²) in [6.45, 7) is 6.20. The van der Waals surface area contributed by atoms with Crippen LogP contribution in [0.2, 0.25) is 5.02 Å². The van der Waals surface area contributed by atoms with Gasteiger partial charge in [0.2, 0.25) is 11.8 Å². The zero-order chi connectivity index (χ0) is 28.1. The molecule has 3 aromatic carbocycles. The molecule has 4 atom stereocenters. The normalized spacial score (nSPS) is 23.8. The number of hydrogen-bond acceptors (Lipinski definition) is 4. The van der Waals surface area contributed by atoms with Crippen molar-refractivity contribution >= 4 is 50.7 Å². The molecule has 1 spiro atoms. The van der Waals surface area contributed by atoms with Gasteiger partial charge in [0.05, 0.1) is 22.1 Å². The number of fused-ring (bicyclic) bond motifs is 2. The summed E-state index contributed by atoms with van der Waals surface area (Å²) < 4.78 is 16.1. The minimum absolute atomic E-state index is 0.223. The molecule has 0 aliphatic carbocycles. The molecule has 200 valence electrons. The Bertz CT molecular complexity index is 1510. The van der Waals surface area contributed by atoms with Crippen molar-refractivity contribution in [1.82, 2.24) is 5.32 Å². The van der Waals surface area contributed by atoms with E-state index >= 15 is 4.39 Å². The van der Waals surface area contributed by atoms with Crippen LogP contribution in [0.4, 0.5) is 15.8 Å². The molecule has 39 heavy (non-hydrogen) atoms. The Hall–Kier alpha value is -3.25. The maximum absolute atomic E-state index is 15.9. The summed E-state index contributed by atoms with van der Waals surface area (Å²) in [6.07, 6.45) is 0.537. The fraction of sp³-hybridized carbons (Fsp3) is 0.300. The van der Waals surface area contributed by atoms with Crippen molar-refractivity contribution in [2.24, 2.45) is 5.41 Å². The van der Waals surface area contributed by atoms with Gasteiger partial charge in [-0.2, -0.15) is 5.26 Å². The molecule has 0 radical (unpaired) electrons. The molecule has 3 aromatic rings. The van der Waals surface area contributed by atoms with E-state index in [2.05, 4.69) is 58.7 Å². The fourth-order valence-corrected chi connectivity index (χ4v) is 6.55. The summed E-state index contributed by atoms with van der Waals surface area (Å²) >= 11 is 9.58. The Morgan fingerprint density at radius 2 is 1.90 bits per heavy atom. The molecular formula is C30H27BrClFN4O2. The van der Waals surface area contributed by atoms with Gasteiger partial charge in [-0.05, 0) is 81.4 Å². The molecule has 0 aromatic heterocycles. The minimum Gasteiger partial charge on any atom is -0.325 e. The molecule has 2 amide bonds. The number of hydrogen-bond donors (Lipinski definition) is 3. The quantitative estimate of drug-likeness (QED) is 0.315. The Kier molecular flexibility index (Phi) is 7.04. The lowest BCUT2D eigenvalue weighted by Crippen LogP contribution is -2.49. The number of rotatable bonds is 4. The van der Waals surface area contributed by atoms with Crippen LogP contribution in [-0.4, -0.2) is 23.9 Å². The van der Waals surface area contributed by atoms with Crippen molar-refractivity contribution in [2.45, 2.75) is 50.6 Å². The zero-order valence-electron chi connectivity index (χ0n) is 21.6. The van der Waals surface area contributed by atoms with Gasteiger partial charge in [-0.15, -0.1) is 0 Å². The first-order valence-electron chi connectivity index (χ1n) is 12.6. The Balaban J connectivity index is 1.71.